The highest BCUT2D eigenvalue weighted by Gasteiger charge is 2.24. The molecular weight excluding hydrogens is 232 g/mol. The van der Waals surface area contributed by atoms with Crippen LogP contribution < -0.4 is 0 Å². The number of hydrogen-bond donors (Lipinski definition) is 0. The zero-order chi connectivity index (χ0) is 12.8. The molecule has 4 rings (SSSR count). The van der Waals surface area contributed by atoms with E-state index >= 15 is 0 Å². The van der Waals surface area contributed by atoms with Gasteiger partial charge in [0, 0.05) is 5.56 Å². The van der Waals surface area contributed by atoms with E-state index in [9.17, 15) is 4.79 Å². The van der Waals surface area contributed by atoms with Crippen molar-refractivity contribution in [3.05, 3.63) is 82.4 Å². The minimum atomic E-state index is 0.127. The van der Waals surface area contributed by atoms with Crippen molar-refractivity contribution < 1.29 is 4.79 Å². The predicted octanol–water partition coefficient (Wildman–Crippen LogP) is 3.91. The van der Waals surface area contributed by atoms with Gasteiger partial charge in [0.1, 0.15) is 0 Å². The van der Waals surface area contributed by atoms with E-state index in [0.717, 1.165) is 23.1 Å². The molecule has 1 nitrogen and oxygen atoms in total. The van der Waals surface area contributed by atoms with Crippen LogP contribution in [-0.2, 0) is 6.42 Å². The van der Waals surface area contributed by atoms with Gasteiger partial charge in [-0.05, 0) is 46.4 Å². The van der Waals surface area contributed by atoms with Crippen LogP contribution in [0.4, 0.5) is 0 Å². The number of ketones is 1. The van der Waals surface area contributed by atoms with Crippen LogP contribution in [0.3, 0.4) is 0 Å². The molecule has 0 radical (unpaired) electrons. The van der Waals surface area contributed by atoms with Gasteiger partial charge in [0.05, 0.1) is 0 Å². The Hall–Kier alpha value is -2.41. The van der Waals surface area contributed by atoms with E-state index in [1.807, 2.05) is 24.3 Å². The zero-order valence-electron chi connectivity index (χ0n) is 10.4. The van der Waals surface area contributed by atoms with Crippen molar-refractivity contribution in [1.29, 1.82) is 0 Å². The minimum absolute atomic E-state index is 0.127. The summed E-state index contributed by atoms with van der Waals surface area (Å²) in [6.45, 7) is 0. The molecule has 0 unspecified atom stereocenters. The Kier molecular flexibility index (Phi) is 2.10. The molecule has 19 heavy (non-hydrogen) atoms. The number of hydrogen-bond acceptors (Lipinski definition) is 1. The largest absolute Gasteiger partial charge is 0.289 e. The van der Waals surface area contributed by atoms with Gasteiger partial charge in [-0.2, -0.15) is 0 Å². The third kappa shape index (κ3) is 1.52. The quantitative estimate of drug-likeness (QED) is 0.686. The van der Waals surface area contributed by atoms with E-state index in [2.05, 4.69) is 30.3 Å². The molecular formula is C18H12O. The molecule has 90 valence electrons. The van der Waals surface area contributed by atoms with E-state index in [1.165, 1.54) is 16.7 Å². The molecule has 2 aromatic rings. The summed E-state index contributed by atoms with van der Waals surface area (Å²) in [5.41, 5.74) is 6.79. The Labute approximate surface area is 111 Å². The molecule has 0 amide bonds. The number of benzene rings is 2. The first-order valence-corrected chi connectivity index (χ1v) is 6.47. The van der Waals surface area contributed by atoms with Gasteiger partial charge >= 0.3 is 0 Å². The van der Waals surface area contributed by atoms with E-state index in [4.69, 9.17) is 0 Å². The summed E-state index contributed by atoms with van der Waals surface area (Å²) in [7, 11) is 0. The van der Waals surface area contributed by atoms with Crippen molar-refractivity contribution in [3.63, 3.8) is 0 Å². The van der Waals surface area contributed by atoms with E-state index < -0.39 is 0 Å². The summed E-state index contributed by atoms with van der Waals surface area (Å²) < 4.78 is 0. The molecule has 2 aromatic carbocycles. The molecule has 0 bridgehead atoms. The highest BCUT2D eigenvalue weighted by Crippen LogP contribution is 2.38. The molecule has 0 atom stereocenters. The van der Waals surface area contributed by atoms with Crippen LogP contribution in [0, 0.1) is 0 Å². The van der Waals surface area contributed by atoms with Crippen LogP contribution in [0.1, 0.15) is 27.0 Å². The molecule has 0 N–H and O–H groups in total. The fourth-order valence-corrected chi connectivity index (χ4v) is 2.93. The molecule has 0 fully saturated rings. The van der Waals surface area contributed by atoms with Crippen LogP contribution in [-0.4, -0.2) is 5.78 Å². The highest BCUT2D eigenvalue weighted by atomic mass is 16.1. The van der Waals surface area contributed by atoms with Crippen molar-refractivity contribution >= 4 is 17.4 Å². The number of carbonyl (C=O) groups excluding carboxylic acids is 1. The van der Waals surface area contributed by atoms with Crippen molar-refractivity contribution in [1.82, 2.24) is 0 Å². The second kappa shape index (κ2) is 3.79. The van der Waals surface area contributed by atoms with Gasteiger partial charge in [-0.3, -0.25) is 4.79 Å². The van der Waals surface area contributed by atoms with Crippen LogP contribution in [0.25, 0.3) is 11.6 Å². The predicted molar refractivity (Wildman–Crippen MR) is 76.9 cm³/mol. The average Bonchev–Trinajstić information content (AvgIpc) is 2.46. The molecule has 0 aromatic heterocycles. The van der Waals surface area contributed by atoms with Crippen LogP contribution >= 0.6 is 0 Å². The molecule has 0 heterocycles. The maximum Gasteiger partial charge on any atom is 0.186 e. The first-order valence-electron chi connectivity index (χ1n) is 6.47. The van der Waals surface area contributed by atoms with Crippen molar-refractivity contribution in [2.75, 3.05) is 0 Å². The van der Waals surface area contributed by atoms with E-state index in [-0.39, 0.29) is 5.78 Å². The molecule has 0 aliphatic heterocycles. The summed E-state index contributed by atoms with van der Waals surface area (Å²) in [5, 5.41) is 0. The number of allylic oxidation sites excluding steroid dienone is 3. The van der Waals surface area contributed by atoms with Crippen molar-refractivity contribution in [2.24, 2.45) is 0 Å². The molecule has 1 heteroatoms. The summed E-state index contributed by atoms with van der Waals surface area (Å²) in [6, 6.07) is 16.3. The summed E-state index contributed by atoms with van der Waals surface area (Å²) in [4.78, 5) is 12.1. The lowest BCUT2D eigenvalue weighted by Gasteiger charge is -2.24. The van der Waals surface area contributed by atoms with E-state index in [0.29, 0.717) is 0 Å². The lowest BCUT2D eigenvalue weighted by Crippen LogP contribution is -2.13. The Balaban J connectivity index is 2.00. The van der Waals surface area contributed by atoms with Gasteiger partial charge in [-0.25, -0.2) is 0 Å². The number of carbonyl (C=O) groups is 1. The molecule has 0 saturated heterocycles. The first kappa shape index (κ1) is 10.5. The van der Waals surface area contributed by atoms with Gasteiger partial charge in [-0.15, -0.1) is 0 Å². The van der Waals surface area contributed by atoms with Gasteiger partial charge in [0.25, 0.3) is 0 Å². The van der Waals surface area contributed by atoms with Gasteiger partial charge in [-0.1, -0.05) is 48.5 Å². The van der Waals surface area contributed by atoms with Crippen LogP contribution in [0.2, 0.25) is 0 Å². The van der Waals surface area contributed by atoms with Gasteiger partial charge in [0.15, 0.2) is 5.78 Å². The topological polar surface area (TPSA) is 17.1 Å². The summed E-state index contributed by atoms with van der Waals surface area (Å²) in [5.74, 6) is 0.127. The highest BCUT2D eigenvalue weighted by molar-refractivity contribution is 6.16. The molecule has 2 aliphatic carbocycles. The summed E-state index contributed by atoms with van der Waals surface area (Å²) in [6.07, 6.45) is 4.85. The van der Waals surface area contributed by atoms with Crippen molar-refractivity contribution in [3.8, 4) is 0 Å². The third-order valence-corrected chi connectivity index (χ3v) is 3.87. The molecule has 2 aliphatic rings. The third-order valence-electron chi connectivity index (χ3n) is 3.87. The Bertz CT molecular complexity index is 763. The Morgan fingerprint density at radius 2 is 1.53 bits per heavy atom. The minimum Gasteiger partial charge on any atom is -0.289 e. The van der Waals surface area contributed by atoms with E-state index in [1.54, 1.807) is 6.08 Å². The Morgan fingerprint density at radius 3 is 2.42 bits per heavy atom. The maximum atomic E-state index is 12.1. The fourth-order valence-electron chi connectivity index (χ4n) is 2.93. The second-order valence-electron chi connectivity index (χ2n) is 5.01. The van der Waals surface area contributed by atoms with Crippen LogP contribution in [0.15, 0.2) is 60.2 Å². The zero-order valence-corrected chi connectivity index (χ0v) is 10.4. The Morgan fingerprint density at radius 1 is 0.789 bits per heavy atom. The van der Waals surface area contributed by atoms with Gasteiger partial charge < -0.3 is 0 Å². The second-order valence-corrected chi connectivity index (χ2v) is 5.01. The SMILES string of the molecule is O=C1C=C2Cc3ccccc3C=C2c2ccccc21. The summed E-state index contributed by atoms with van der Waals surface area (Å²) >= 11 is 0. The number of fused-ring (bicyclic) bond motifs is 4. The molecule has 0 spiro atoms. The first-order chi connectivity index (χ1) is 9.33. The van der Waals surface area contributed by atoms with Crippen LogP contribution in [0.5, 0.6) is 0 Å². The smallest absolute Gasteiger partial charge is 0.186 e. The molecule has 0 saturated carbocycles. The van der Waals surface area contributed by atoms with Crippen molar-refractivity contribution in [2.45, 2.75) is 6.42 Å². The maximum absolute atomic E-state index is 12.1. The normalized spacial score (nSPS) is 15.9. The fraction of sp³-hybridized carbons (Fsp3) is 0.0556. The lowest BCUT2D eigenvalue weighted by atomic mass is 9.79. The lowest BCUT2D eigenvalue weighted by molar-refractivity contribution is 0.104. The average molecular weight is 244 g/mol. The standard InChI is InChI=1S/C18H12O/c19-18-11-14-9-12-5-1-2-6-13(12)10-17(14)15-7-3-4-8-16(15)18/h1-8,10-11H,9H2. The van der Waals surface area contributed by atoms with Gasteiger partial charge in [0.2, 0.25) is 0 Å². The number of rotatable bonds is 0. The monoisotopic (exact) mass is 244 g/mol.